The summed E-state index contributed by atoms with van der Waals surface area (Å²) in [4.78, 5) is 12.1. The predicted octanol–water partition coefficient (Wildman–Crippen LogP) is 3.84. The Kier molecular flexibility index (Phi) is 6.17. The molecule has 3 aromatic rings. The number of hydrogen-bond donors (Lipinski definition) is 1. The molecule has 0 spiro atoms. The standard InChI is InChI=1S/C26H27FN4O4/c1-16-14-30(15-28-16)21-9-4-18(12-22(21)33-3)13-23-26-29-35-25(17(2)32)24(31(26)10-11-34-23)19-5-7-20(27)8-6-19/h4-9,12-15,17,24-25,32H,10-11H2,1-3H3/b23-13+. The number of methoxy groups -OCH3 is 1. The summed E-state index contributed by atoms with van der Waals surface area (Å²) in [6.45, 7) is 4.57. The quantitative estimate of drug-likeness (QED) is 0.600. The summed E-state index contributed by atoms with van der Waals surface area (Å²) in [7, 11) is 1.63. The maximum Gasteiger partial charge on any atom is 0.211 e. The van der Waals surface area contributed by atoms with Crippen molar-refractivity contribution in [3.63, 3.8) is 0 Å². The molecular weight excluding hydrogens is 451 g/mol. The molecule has 0 bridgehead atoms. The van der Waals surface area contributed by atoms with Crippen LogP contribution in [0, 0.1) is 12.7 Å². The van der Waals surface area contributed by atoms with Crippen LogP contribution in [-0.2, 0) is 9.57 Å². The molecule has 2 aliphatic rings. The van der Waals surface area contributed by atoms with Crippen molar-refractivity contribution in [1.29, 1.82) is 0 Å². The second-order valence-corrected chi connectivity index (χ2v) is 8.63. The summed E-state index contributed by atoms with van der Waals surface area (Å²) in [6, 6.07) is 11.7. The van der Waals surface area contributed by atoms with Gasteiger partial charge in [0, 0.05) is 6.20 Å². The van der Waals surface area contributed by atoms with Crippen LogP contribution < -0.4 is 4.74 Å². The van der Waals surface area contributed by atoms with Crippen LogP contribution in [-0.4, -0.2) is 57.9 Å². The van der Waals surface area contributed by atoms with Crippen LogP contribution >= 0.6 is 0 Å². The lowest BCUT2D eigenvalue weighted by Crippen LogP contribution is -2.52. The molecule has 9 heteroatoms. The lowest BCUT2D eigenvalue weighted by atomic mass is 9.95. The number of amidine groups is 1. The minimum atomic E-state index is -0.783. The average Bonchev–Trinajstić information content (AvgIpc) is 3.30. The molecule has 3 atom stereocenters. The number of hydrogen-bond acceptors (Lipinski definition) is 7. The van der Waals surface area contributed by atoms with Gasteiger partial charge in [0.2, 0.25) is 5.84 Å². The summed E-state index contributed by atoms with van der Waals surface area (Å²) in [5.74, 6) is 1.43. The molecule has 3 heterocycles. The van der Waals surface area contributed by atoms with Gasteiger partial charge in [-0.05, 0) is 55.3 Å². The molecule has 2 aromatic carbocycles. The molecule has 1 fully saturated rings. The third-order valence-corrected chi connectivity index (χ3v) is 6.17. The van der Waals surface area contributed by atoms with E-state index in [4.69, 9.17) is 14.3 Å². The number of aryl methyl sites for hydroxylation is 1. The first kappa shape index (κ1) is 22.9. The van der Waals surface area contributed by atoms with E-state index in [2.05, 4.69) is 10.1 Å². The van der Waals surface area contributed by atoms with Crippen molar-refractivity contribution in [3.8, 4) is 11.4 Å². The van der Waals surface area contributed by atoms with Gasteiger partial charge in [-0.1, -0.05) is 23.4 Å². The summed E-state index contributed by atoms with van der Waals surface area (Å²) in [5, 5.41) is 14.7. The van der Waals surface area contributed by atoms with Crippen LogP contribution in [0.4, 0.5) is 4.39 Å². The molecule has 1 N–H and O–H groups in total. The van der Waals surface area contributed by atoms with Crippen LogP contribution in [0.15, 0.2) is 65.9 Å². The third kappa shape index (κ3) is 4.46. The summed E-state index contributed by atoms with van der Waals surface area (Å²) < 4.78 is 27.1. The fourth-order valence-corrected chi connectivity index (χ4v) is 4.47. The fourth-order valence-electron chi connectivity index (χ4n) is 4.47. The summed E-state index contributed by atoms with van der Waals surface area (Å²) in [6.07, 6.45) is 4.16. The van der Waals surface area contributed by atoms with Crippen LogP contribution in [0.1, 0.15) is 29.8 Å². The molecule has 3 unspecified atom stereocenters. The van der Waals surface area contributed by atoms with Crippen LogP contribution in [0.5, 0.6) is 5.75 Å². The highest BCUT2D eigenvalue weighted by Crippen LogP contribution is 2.36. The minimum Gasteiger partial charge on any atom is -0.495 e. The number of aliphatic hydroxyl groups is 1. The molecule has 1 saturated heterocycles. The van der Waals surface area contributed by atoms with Crippen molar-refractivity contribution < 1.29 is 23.8 Å². The lowest BCUT2D eigenvalue weighted by Gasteiger charge is -2.44. The monoisotopic (exact) mass is 478 g/mol. The van der Waals surface area contributed by atoms with E-state index in [1.807, 2.05) is 46.9 Å². The number of aliphatic hydroxyl groups excluding tert-OH is 1. The maximum atomic E-state index is 13.6. The SMILES string of the molecule is COc1cc(/C=C2/OCCN3C2=NOC(C(C)O)C3c2ccc(F)cc2)ccc1-n1cnc(C)c1. The molecule has 2 aliphatic heterocycles. The zero-order valence-electron chi connectivity index (χ0n) is 19.8. The topological polar surface area (TPSA) is 81.3 Å². The number of oxime groups is 1. The van der Waals surface area contributed by atoms with Gasteiger partial charge in [0.15, 0.2) is 11.9 Å². The Morgan fingerprint density at radius 3 is 2.71 bits per heavy atom. The first-order valence-electron chi connectivity index (χ1n) is 11.4. The number of ether oxygens (including phenoxy) is 2. The van der Waals surface area contributed by atoms with E-state index < -0.39 is 12.2 Å². The van der Waals surface area contributed by atoms with Crippen molar-refractivity contribution in [3.05, 3.63) is 83.4 Å². The summed E-state index contributed by atoms with van der Waals surface area (Å²) in [5.41, 5.74) is 3.47. The average molecular weight is 479 g/mol. The number of aromatic nitrogens is 2. The number of nitrogens with zero attached hydrogens (tertiary/aromatic N) is 4. The molecule has 35 heavy (non-hydrogen) atoms. The van der Waals surface area contributed by atoms with Crippen molar-refractivity contribution >= 4 is 11.9 Å². The Hall–Kier alpha value is -3.85. The number of halogens is 1. The highest BCUT2D eigenvalue weighted by atomic mass is 19.1. The van der Waals surface area contributed by atoms with Gasteiger partial charge >= 0.3 is 0 Å². The Labute approximate surface area is 202 Å². The van der Waals surface area contributed by atoms with Crippen LogP contribution in [0.25, 0.3) is 11.8 Å². The van der Waals surface area contributed by atoms with Gasteiger partial charge in [0.1, 0.15) is 18.2 Å². The van der Waals surface area contributed by atoms with Gasteiger partial charge in [-0.3, -0.25) is 0 Å². The van der Waals surface area contributed by atoms with Crippen LogP contribution in [0.2, 0.25) is 0 Å². The normalized spacial score (nSPS) is 21.6. The molecule has 0 aliphatic carbocycles. The first-order valence-corrected chi connectivity index (χ1v) is 11.4. The zero-order chi connectivity index (χ0) is 24.5. The molecule has 182 valence electrons. The first-order chi connectivity index (χ1) is 16.9. The minimum absolute atomic E-state index is 0.321. The number of morpholine rings is 1. The Morgan fingerprint density at radius 2 is 2.03 bits per heavy atom. The van der Waals surface area contributed by atoms with E-state index in [0.717, 1.165) is 22.5 Å². The number of rotatable bonds is 5. The van der Waals surface area contributed by atoms with Gasteiger partial charge < -0.3 is 28.9 Å². The van der Waals surface area contributed by atoms with Gasteiger partial charge in [-0.2, -0.15) is 0 Å². The number of fused-ring (bicyclic) bond motifs is 1. The predicted molar refractivity (Wildman–Crippen MR) is 129 cm³/mol. The van der Waals surface area contributed by atoms with Crippen molar-refractivity contribution in [2.75, 3.05) is 20.3 Å². The molecule has 0 amide bonds. The second-order valence-electron chi connectivity index (χ2n) is 8.63. The van der Waals surface area contributed by atoms with E-state index in [9.17, 15) is 9.50 Å². The van der Waals surface area contributed by atoms with Gasteiger partial charge in [-0.15, -0.1) is 0 Å². The number of imidazole rings is 1. The van der Waals surface area contributed by atoms with Gasteiger partial charge in [-0.25, -0.2) is 9.37 Å². The van der Waals surface area contributed by atoms with Gasteiger partial charge in [0.05, 0.1) is 43.5 Å². The zero-order valence-corrected chi connectivity index (χ0v) is 19.8. The highest BCUT2D eigenvalue weighted by molar-refractivity contribution is 6.01. The summed E-state index contributed by atoms with van der Waals surface area (Å²) >= 11 is 0. The molecule has 8 nitrogen and oxygen atoms in total. The molecule has 0 radical (unpaired) electrons. The van der Waals surface area contributed by atoms with Gasteiger partial charge in [0.25, 0.3) is 0 Å². The van der Waals surface area contributed by atoms with E-state index in [-0.39, 0.29) is 11.9 Å². The lowest BCUT2D eigenvalue weighted by molar-refractivity contribution is -0.0887. The van der Waals surface area contributed by atoms with E-state index in [1.165, 1.54) is 12.1 Å². The molecule has 0 saturated carbocycles. The third-order valence-electron chi connectivity index (χ3n) is 6.17. The molecular formula is C26H27FN4O4. The largest absolute Gasteiger partial charge is 0.495 e. The van der Waals surface area contributed by atoms with Crippen molar-refractivity contribution in [1.82, 2.24) is 14.5 Å². The van der Waals surface area contributed by atoms with E-state index in [0.29, 0.717) is 30.5 Å². The van der Waals surface area contributed by atoms with Crippen LogP contribution in [0.3, 0.4) is 0 Å². The smallest absolute Gasteiger partial charge is 0.211 e. The van der Waals surface area contributed by atoms with E-state index in [1.54, 1.807) is 32.5 Å². The Balaban J connectivity index is 1.50. The second kappa shape index (κ2) is 9.42. The van der Waals surface area contributed by atoms with E-state index >= 15 is 0 Å². The van der Waals surface area contributed by atoms with Crippen molar-refractivity contribution in [2.24, 2.45) is 5.16 Å². The molecule has 1 aromatic heterocycles. The highest BCUT2D eigenvalue weighted by Gasteiger charge is 2.42. The van der Waals surface area contributed by atoms with Crippen molar-refractivity contribution in [2.45, 2.75) is 32.1 Å². The molecule has 5 rings (SSSR count). The number of benzene rings is 2. The maximum absolute atomic E-state index is 13.6. The fraction of sp³-hybridized carbons (Fsp3) is 0.308. The Morgan fingerprint density at radius 1 is 1.23 bits per heavy atom. The Bertz CT molecular complexity index is 1270.